The van der Waals surface area contributed by atoms with Crippen molar-refractivity contribution in [1.29, 1.82) is 0 Å². The molecule has 0 fully saturated rings. The molecule has 0 amide bonds. The number of rotatable bonds is 5. The minimum atomic E-state index is -4.68. The normalized spacial score (nSPS) is 13.9. The van der Waals surface area contributed by atoms with Gasteiger partial charge in [0, 0.05) is 18.0 Å². The van der Waals surface area contributed by atoms with E-state index in [0.717, 1.165) is 37.3 Å². The Morgan fingerprint density at radius 1 is 1.21 bits per heavy atom. The van der Waals surface area contributed by atoms with Gasteiger partial charge >= 0.3 is 6.36 Å². The number of fused-ring (bicyclic) bond motifs is 1. The van der Waals surface area contributed by atoms with Gasteiger partial charge in [0.1, 0.15) is 11.6 Å². The zero-order valence-corrected chi connectivity index (χ0v) is 13.7. The summed E-state index contributed by atoms with van der Waals surface area (Å²) >= 11 is 0. The Labute approximate surface area is 138 Å². The predicted octanol–water partition coefficient (Wildman–Crippen LogP) is 4.64. The van der Waals surface area contributed by atoms with Crippen LogP contribution in [0.4, 0.5) is 19.0 Å². The maximum Gasteiger partial charge on any atom is 0.573 e. The topological polar surface area (TPSA) is 39.1 Å². The first-order valence-electron chi connectivity index (χ1n) is 8.14. The monoisotopic (exact) mass is 339 g/mol. The van der Waals surface area contributed by atoms with E-state index in [-0.39, 0.29) is 5.75 Å². The Morgan fingerprint density at radius 2 is 1.88 bits per heavy atom. The third kappa shape index (κ3) is 3.20. The summed E-state index contributed by atoms with van der Waals surface area (Å²) in [6.07, 6.45) is -1.73. The molecule has 24 heavy (non-hydrogen) atoms. The van der Waals surface area contributed by atoms with Crippen molar-refractivity contribution >= 4 is 5.82 Å². The summed E-state index contributed by atoms with van der Waals surface area (Å²) in [5, 5.41) is 8.07. The van der Waals surface area contributed by atoms with Crippen LogP contribution in [0, 0.1) is 0 Å². The first-order valence-corrected chi connectivity index (χ1v) is 8.14. The van der Waals surface area contributed by atoms with Crippen LogP contribution in [0.15, 0.2) is 24.3 Å². The molecule has 0 unspecified atom stereocenters. The second-order valence-corrected chi connectivity index (χ2v) is 5.86. The molecule has 0 aliphatic carbocycles. The average Bonchev–Trinajstić information content (AvgIpc) is 3.11. The molecule has 0 radical (unpaired) electrons. The fourth-order valence-electron chi connectivity index (χ4n) is 3.18. The molecular formula is C17H20F3N3O. The van der Waals surface area contributed by atoms with E-state index < -0.39 is 6.36 Å². The van der Waals surface area contributed by atoms with E-state index in [2.05, 4.69) is 23.9 Å². The zero-order valence-electron chi connectivity index (χ0n) is 13.7. The summed E-state index contributed by atoms with van der Waals surface area (Å²) in [5.41, 5.74) is 3.03. The lowest BCUT2D eigenvalue weighted by Crippen LogP contribution is -2.17. The number of anilines is 1. The minimum Gasteiger partial charge on any atom is -0.406 e. The van der Waals surface area contributed by atoms with Crippen LogP contribution in [0.3, 0.4) is 0 Å². The maximum absolute atomic E-state index is 12.3. The number of nitrogens with one attached hydrogen (secondary N) is 1. The molecule has 1 aliphatic rings. The molecule has 0 bridgehead atoms. The number of nitrogens with zero attached hydrogens (tertiary/aromatic N) is 2. The fourth-order valence-corrected chi connectivity index (χ4v) is 3.18. The Morgan fingerprint density at radius 3 is 2.46 bits per heavy atom. The number of halogens is 3. The van der Waals surface area contributed by atoms with Crippen molar-refractivity contribution in [1.82, 2.24) is 9.78 Å². The van der Waals surface area contributed by atoms with E-state index in [0.29, 0.717) is 11.6 Å². The number of aromatic nitrogens is 2. The summed E-state index contributed by atoms with van der Waals surface area (Å²) < 4.78 is 42.5. The Balaban J connectivity index is 1.94. The molecule has 2 aromatic rings. The van der Waals surface area contributed by atoms with Crippen LogP contribution in [-0.2, 0) is 6.42 Å². The minimum absolute atomic E-state index is 0.233. The van der Waals surface area contributed by atoms with Crippen LogP contribution < -0.4 is 10.1 Å². The average molecular weight is 339 g/mol. The molecule has 1 aromatic carbocycles. The second-order valence-electron chi connectivity index (χ2n) is 5.86. The highest BCUT2D eigenvalue weighted by atomic mass is 19.4. The van der Waals surface area contributed by atoms with Crippen LogP contribution in [0.5, 0.6) is 5.75 Å². The van der Waals surface area contributed by atoms with Gasteiger partial charge in [0.05, 0.1) is 11.4 Å². The number of hydrogen-bond acceptors (Lipinski definition) is 3. The highest BCUT2D eigenvalue weighted by Crippen LogP contribution is 2.35. The van der Waals surface area contributed by atoms with E-state index in [1.165, 1.54) is 17.7 Å². The third-order valence-electron chi connectivity index (χ3n) is 4.37. The molecule has 3 rings (SSSR count). The van der Waals surface area contributed by atoms with E-state index in [4.69, 9.17) is 5.10 Å². The van der Waals surface area contributed by atoms with E-state index >= 15 is 0 Å². The van der Waals surface area contributed by atoms with Gasteiger partial charge in [-0.3, -0.25) is 0 Å². The summed E-state index contributed by atoms with van der Waals surface area (Å²) in [4.78, 5) is 0. The van der Waals surface area contributed by atoms with Crippen molar-refractivity contribution in [3.63, 3.8) is 0 Å². The lowest BCUT2D eigenvalue weighted by atomic mass is 9.96. The van der Waals surface area contributed by atoms with E-state index in [9.17, 15) is 13.2 Å². The molecule has 2 heterocycles. The van der Waals surface area contributed by atoms with Gasteiger partial charge < -0.3 is 10.1 Å². The second kappa shape index (κ2) is 6.37. The summed E-state index contributed by atoms with van der Waals surface area (Å²) in [6.45, 7) is 5.14. The number of ether oxygens (including phenoxy) is 1. The van der Waals surface area contributed by atoms with E-state index in [1.807, 2.05) is 0 Å². The molecule has 1 N–H and O–H groups in total. The highest BCUT2D eigenvalue weighted by Gasteiger charge is 2.31. The van der Waals surface area contributed by atoms with Gasteiger partial charge in [0.25, 0.3) is 0 Å². The Kier molecular flexibility index (Phi) is 4.43. The number of alkyl halides is 3. The molecule has 4 nitrogen and oxygen atoms in total. The van der Waals surface area contributed by atoms with Crippen molar-refractivity contribution in [3.05, 3.63) is 35.5 Å². The highest BCUT2D eigenvalue weighted by molar-refractivity contribution is 5.58. The quantitative estimate of drug-likeness (QED) is 0.862. The Hall–Kier alpha value is -2.18. The molecule has 0 saturated carbocycles. The molecular weight excluding hydrogens is 319 g/mol. The molecule has 1 aromatic heterocycles. The van der Waals surface area contributed by atoms with Gasteiger partial charge in [-0.05, 0) is 43.5 Å². The predicted molar refractivity (Wildman–Crippen MR) is 85.8 cm³/mol. The zero-order chi connectivity index (χ0) is 17.3. The molecule has 1 aliphatic heterocycles. The lowest BCUT2D eigenvalue weighted by molar-refractivity contribution is -0.274. The van der Waals surface area contributed by atoms with Crippen molar-refractivity contribution in [2.75, 3.05) is 11.9 Å². The summed E-state index contributed by atoms with van der Waals surface area (Å²) in [6, 6.07) is 5.79. The van der Waals surface area contributed by atoms with Crippen molar-refractivity contribution < 1.29 is 17.9 Å². The van der Waals surface area contributed by atoms with Gasteiger partial charge in [-0.2, -0.15) is 5.10 Å². The first-order chi connectivity index (χ1) is 11.4. The summed E-state index contributed by atoms with van der Waals surface area (Å²) in [5.74, 6) is 1.11. The molecule has 0 atom stereocenters. The van der Waals surface area contributed by atoms with Gasteiger partial charge in [-0.1, -0.05) is 13.8 Å². The third-order valence-corrected chi connectivity index (χ3v) is 4.37. The maximum atomic E-state index is 12.3. The van der Waals surface area contributed by atoms with Gasteiger partial charge in [-0.15, -0.1) is 13.2 Å². The van der Waals surface area contributed by atoms with Crippen LogP contribution in [-0.4, -0.2) is 22.7 Å². The van der Waals surface area contributed by atoms with Crippen molar-refractivity contribution in [3.8, 4) is 11.4 Å². The van der Waals surface area contributed by atoms with Crippen molar-refractivity contribution in [2.24, 2.45) is 0 Å². The van der Waals surface area contributed by atoms with Crippen LogP contribution >= 0.6 is 0 Å². The first kappa shape index (κ1) is 16.7. The smallest absolute Gasteiger partial charge is 0.406 e. The largest absolute Gasteiger partial charge is 0.573 e. The lowest BCUT2D eigenvalue weighted by Gasteiger charge is -2.11. The fraction of sp³-hybridized carbons (Fsp3) is 0.471. The molecule has 0 saturated heterocycles. The van der Waals surface area contributed by atoms with Crippen LogP contribution in [0.25, 0.3) is 5.69 Å². The van der Waals surface area contributed by atoms with Gasteiger partial charge in [0.2, 0.25) is 0 Å². The van der Waals surface area contributed by atoms with E-state index in [1.54, 1.807) is 16.8 Å². The van der Waals surface area contributed by atoms with Crippen LogP contribution in [0.2, 0.25) is 0 Å². The van der Waals surface area contributed by atoms with Crippen molar-refractivity contribution in [2.45, 2.75) is 45.4 Å². The van der Waals surface area contributed by atoms with Gasteiger partial charge in [-0.25, -0.2) is 4.68 Å². The van der Waals surface area contributed by atoms with Gasteiger partial charge in [0.15, 0.2) is 0 Å². The summed E-state index contributed by atoms with van der Waals surface area (Å²) in [7, 11) is 0. The number of hydrogen-bond donors (Lipinski definition) is 1. The van der Waals surface area contributed by atoms with Crippen LogP contribution in [0.1, 0.15) is 43.9 Å². The molecule has 130 valence electrons. The SMILES string of the molecule is CCC(CC)c1nn(-c2ccc(OC(F)(F)F)cc2)c2c1CCN2. The molecule has 0 spiro atoms. The standard InChI is InChI=1S/C17H20F3N3O/c1-3-11(4-2)15-14-9-10-21-16(14)23(22-15)12-5-7-13(8-6-12)24-17(18,19)20/h5-8,11,21H,3-4,9-10H2,1-2H3. The molecule has 7 heteroatoms. The Bertz CT molecular complexity index is 703. The number of benzene rings is 1.